The van der Waals surface area contributed by atoms with E-state index in [1.54, 1.807) is 14.2 Å². The molecule has 2 atom stereocenters. The topological polar surface area (TPSA) is 63.2 Å². The molecule has 6 heteroatoms. The van der Waals surface area contributed by atoms with Crippen molar-refractivity contribution in [1.29, 1.82) is 0 Å². The number of methoxy groups -OCH3 is 1. The summed E-state index contributed by atoms with van der Waals surface area (Å²) in [5, 5.41) is 2.93. The third kappa shape index (κ3) is 2.63. The van der Waals surface area contributed by atoms with Gasteiger partial charge < -0.3 is 15.0 Å². The third-order valence-corrected chi connectivity index (χ3v) is 3.63. The van der Waals surface area contributed by atoms with Crippen LogP contribution in [0, 0.1) is 11.8 Å². The van der Waals surface area contributed by atoms with Gasteiger partial charge in [0.05, 0.1) is 7.11 Å². The smallest absolute Gasteiger partial charge is 0.322 e. The van der Waals surface area contributed by atoms with Crippen molar-refractivity contribution in [1.82, 2.24) is 15.0 Å². The van der Waals surface area contributed by atoms with Gasteiger partial charge in [0.15, 0.2) is 0 Å². The van der Waals surface area contributed by atoms with Crippen molar-refractivity contribution in [3.8, 4) is 6.01 Å². The fraction of sp³-hybridized carbons (Fsp3) is 0.750. The SMILES string of the molecule is CNc1nc(OC)nc(N2CCC(C)C(C)C2)n1. The first-order valence-electron chi connectivity index (χ1n) is 6.36. The highest BCUT2D eigenvalue weighted by Gasteiger charge is 2.25. The van der Waals surface area contributed by atoms with Crippen LogP contribution >= 0.6 is 0 Å². The number of nitrogens with one attached hydrogen (secondary N) is 1. The third-order valence-electron chi connectivity index (χ3n) is 3.63. The molecule has 1 aromatic heterocycles. The van der Waals surface area contributed by atoms with Crippen molar-refractivity contribution < 1.29 is 4.74 Å². The summed E-state index contributed by atoms with van der Waals surface area (Å²) in [6.45, 7) is 6.54. The Morgan fingerprint density at radius 2 is 2.00 bits per heavy atom. The fourth-order valence-electron chi connectivity index (χ4n) is 2.13. The van der Waals surface area contributed by atoms with E-state index in [4.69, 9.17) is 4.74 Å². The maximum Gasteiger partial charge on any atom is 0.322 e. The van der Waals surface area contributed by atoms with Gasteiger partial charge in [0.1, 0.15) is 0 Å². The number of piperidine rings is 1. The summed E-state index contributed by atoms with van der Waals surface area (Å²) in [5.41, 5.74) is 0. The van der Waals surface area contributed by atoms with E-state index in [-0.39, 0.29) is 0 Å². The van der Waals surface area contributed by atoms with Crippen molar-refractivity contribution in [3.63, 3.8) is 0 Å². The van der Waals surface area contributed by atoms with Crippen LogP contribution in [-0.4, -0.2) is 42.2 Å². The minimum Gasteiger partial charge on any atom is -0.467 e. The lowest BCUT2D eigenvalue weighted by Crippen LogP contribution is -2.39. The average molecular weight is 251 g/mol. The molecule has 6 nitrogen and oxygen atoms in total. The van der Waals surface area contributed by atoms with Crippen molar-refractivity contribution in [2.24, 2.45) is 11.8 Å². The molecule has 2 unspecified atom stereocenters. The molecule has 2 rings (SSSR count). The van der Waals surface area contributed by atoms with E-state index >= 15 is 0 Å². The monoisotopic (exact) mass is 251 g/mol. The Bertz CT molecular complexity index is 389. The quantitative estimate of drug-likeness (QED) is 0.876. The van der Waals surface area contributed by atoms with Gasteiger partial charge in [0, 0.05) is 20.1 Å². The first-order chi connectivity index (χ1) is 8.63. The van der Waals surface area contributed by atoms with Crippen LogP contribution in [0.2, 0.25) is 0 Å². The zero-order chi connectivity index (χ0) is 13.1. The lowest BCUT2D eigenvalue weighted by Gasteiger charge is -2.35. The second-order valence-electron chi connectivity index (χ2n) is 4.88. The van der Waals surface area contributed by atoms with E-state index in [1.807, 2.05) is 0 Å². The lowest BCUT2D eigenvalue weighted by molar-refractivity contribution is 0.319. The Balaban J connectivity index is 2.22. The Kier molecular flexibility index (Phi) is 3.84. The van der Waals surface area contributed by atoms with Crippen LogP contribution in [0.4, 0.5) is 11.9 Å². The van der Waals surface area contributed by atoms with Crippen molar-refractivity contribution in [2.75, 3.05) is 37.5 Å². The van der Waals surface area contributed by atoms with E-state index < -0.39 is 0 Å². The van der Waals surface area contributed by atoms with Crippen LogP contribution < -0.4 is 15.0 Å². The van der Waals surface area contributed by atoms with Crippen LogP contribution in [0.25, 0.3) is 0 Å². The largest absolute Gasteiger partial charge is 0.467 e. The van der Waals surface area contributed by atoms with E-state index in [0.717, 1.165) is 19.0 Å². The molecular weight excluding hydrogens is 230 g/mol. The van der Waals surface area contributed by atoms with Gasteiger partial charge >= 0.3 is 6.01 Å². The Morgan fingerprint density at radius 1 is 1.22 bits per heavy atom. The summed E-state index contributed by atoms with van der Waals surface area (Å²) in [5.74, 6) is 2.65. The molecule has 0 bridgehead atoms. The van der Waals surface area contributed by atoms with Crippen molar-refractivity contribution in [2.45, 2.75) is 20.3 Å². The van der Waals surface area contributed by atoms with E-state index in [1.165, 1.54) is 6.42 Å². The molecule has 0 aromatic carbocycles. The summed E-state index contributed by atoms with van der Waals surface area (Å²) >= 11 is 0. The average Bonchev–Trinajstić information content (AvgIpc) is 2.41. The highest BCUT2D eigenvalue weighted by Crippen LogP contribution is 2.26. The number of rotatable bonds is 3. The van der Waals surface area contributed by atoms with Crippen LogP contribution in [-0.2, 0) is 0 Å². The molecule has 0 saturated carbocycles. The van der Waals surface area contributed by atoms with Gasteiger partial charge in [-0.05, 0) is 18.3 Å². The number of anilines is 2. The molecule has 1 aliphatic heterocycles. The first kappa shape index (κ1) is 12.9. The first-order valence-corrected chi connectivity index (χ1v) is 6.36. The summed E-state index contributed by atoms with van der Waals surface area (Å²) in [4.78, 5) is 15.0. The normalized spacial score (nSPS) is 23.9. The summed E-state index contributed by atoms with van der Waals surface area (Å²) in [7, 11) is 3.36. The summed E-state index contributed by atoms with van der Waals surface area (Å²) < 4.78 is 5.11. The molecule has 100 valence electrons. The number of hydrogen-bond acceptors (Lipinski definition) is 6. The number of hydrogen-bond donors (Lipinski definition) is 1. The van der Waals surface area contributed by atoms with Crippen LogP contribution in [0.1, 0.15) is 20.3 Å². The Labute approximate surface area is 108 Å². The highest BCUT2D eigenvalue weighted by atomic mass is 16.5. The minimum absolute atomic E-state index is 0.357. The molecule has 0 aliphatic carbocycles. The number of nitrogens with zero attached hydrogens (tertiary/aromatic N) is 4. The molecule has 0 radical (unpaired) electrons. The molecule has 0 amide bonds. The van der Waals surface area contributed by atoms with E-state index in [2.05, 4.69) is 39.0 Å². The van der Waals surface area contributed by atoms with Gasteiger partial charge in [-0.1, -0.05) is 13.8 Å². The van der Waals surface area contributed by atoms with Gasteiger partial charge in [0.25, 0.3) is 0 Å². The molecule has 1 aliphatic rings. The molecule has 1 aromatic rings. The Morgan fingerprint density at radius 3 is 2.61 bits per heavy atom. The fourth-order valence-corrected chi connectivity index (χ4v) is 2.13. The minimum atomic E-state index is 0.357. The summed E-state index contributed by atoms with van der Waals surface area (Å²) in [6, 6.07) is 0.357. The Hall–Kier alpha value is -1.59. The van der Waals surface area contributed by atoms with Crippen LogP contribution in [0.3, 0.4) is 0 Å². The highest BCUT2D eigenvalue weighted by molar-refractivity contribution is 5.38. The van der Waals surface area contributed by atoms with Crippen molar-refractivity contribution in [3.05, 3.63) is 0 Å². The maximum atomic E-state index is 5.11. The second kappa shape index (κ2) is 5.37. The zero-order valence-electron chi connectivity index (χ0n) is 11.5. The number of ether oxygens (including phenoxy) is 1. The lowest BCUT2D eigenvalue weighted by atomic mass is 9.89. The molecule has 1 fully saturated rings. The van der Waals surface area contributed by atoms with Crippen LogP contribution in [0.15, 0.2) is 0 Å². The standard InChI is InChI=1S/C12H21N5O/c1-8-5-6-17(7-9(8)2)11-14-10(13-3)15-12(16-11)18-4/h8-9H,5-7H2,1-4H3,(H,13,14,15,16). The molecule has 1 N–H and O–H groups in total. The van der Waals surface area contributed by atoms with E-state index in [9.17, 15) is 0 Å². The molecule has 1 saturated heterocycles. The van der Waals surface area contributed by atoms with Crippen LogP contribution in [0.5, 0.6) is 6.01 Å². The molecule has 18 heavy (non-hydrogen) atoms. The maximum absolute atomic E-state index is 5.11. The zero-order valence-corrected chi connectivity index (χ0v) is 11.5. The van der Waals surface area contributed by atoms with Gasteiger partial charge in [-0.15, -0.1) is 0 Å². The van der Waals surface area contributed by atoms with Gasteiger partial charge in [-0.25, -0.2) is 0 Å². The predicted molar refractivity (Wildman–Crippen MR) is 71.1 cm³/mol. The number of aromatic nitrogens is 3. The predicted octanol–water partition coefficient (Wildman–Crippen LogP) is 1.40. The van der Waals surface area contributed by atoms with Crippen molar-refractivity contribution >= 4 is 11.9 Å². The summed E-state index contributed by atoms with van der Waals surface area (Å²) in [6.07, 6.45) is 1.17. The second-order valence-corrected chi connectivity index (χ2v) is 4.88. The van der Waals surface area contributed by atoms with Gasteiger partial charge in [-0.2, -0.15) is 15.0 Å². The molecule has 2 heterocycles. The van der Waals surface area contributed by atoms with Gasteiger partial charge in [-0.3, -0.25) is 0 Å². The van der Waals surface area contributed by atoms with Gasteiger partial charge in [0.2, 0.25) is 11.9 Å². The molecule has 0 spiro atoms. The molecular formula is C12H21N5O. The van der Waals surface area contributed by atoms with E-state index in [0.29, 0.717) is 23.8 Å².